The van der Waals surface area contributed by atoms with Crippen LogP contribution >= 0.6 is 15.9 Å². The molecule has 0 aliphatic carbocycles. The zero-order valence-electron chi connectivity index (χ0n) is 11.4. The summed E-state index contributed by atoms with van der Waals surface area (Å²) in [7, 11) is 1.83. The summed E-state index contributed by atoms with van der Waals surface area (Å²) in [6.07, 6.45) is 1.70. The number of aromatic nitrogens is 2. The van der Waals surface area contributed by atoms with E-state index in [4.69, 9.17) is 4.74 Å². The van der Waals surface area contributed by atoms with Crippen LogP contribution in [0.2, 0.25) is 0 Å². The number of ether oxygens (including phenoxy) is 1. The Morgan fingerprint density at radius 1 is 1.45 bits per heavy atom. The van der Waals surface area contributed by atoms with Crippen LogP contribution in [0.1, 0.15) is 23.0 Å². The summed E-state index contributed by atoms with van der Waals surface area (Å²) in [5.41, 5.74) is 1.44. The van der Waals surface area contributed by atoms with E-state index in [1.54, 1.807) is 23.0 Å². The molecule has 1 amide bonds. The lowest BCUT2D eigenvalue weighted by Gasteiger charge is -2.10. The van der Waals surface area contributed by atoms with Gasteiger partial charge >= 0.3 is 0 Å². The van der Waals surface area contributed by atoms with Gasteiger partial charge in [-0.15, -0.1) is 0 Å². The van der Waals surface area contributed by atoms with E-state index >= 15 is 0 Å². The highest BCUT2D eigenvalue weighted by Gasteiger charge is 2.13. The first-order valence-corrected chi connectivity index (χ1v) is 7.09. The molecular formula is C14H16BrN3O2. The van der Waals surface area contributed by atoms with Gasteiger partial charge in [0, 0.05) is 7.05 Å². The number of carbonyl (C=O) groups is 1. The van der Waals surface area contributed by atoms with E-state index in [0.29, 0.717) is 24.5 Å². The van der Waals surface area contributed by atoms with E-state index in [0.717, 1.165) is 10.2 Å². The van der Waals surface area contributed by atoms with Crippen LogP contribution in [0.4, 0.5) is 0 Å². The number of amides is 1. The largest absolute Gasteiger partial charge is 0.493 e. The van der Waals surface area contributed by atoms with Crippen molar-refractivity contribution in [3.05, 3.63) is 46.2 Å². The fourth-order valence-electron chi connectivity index (χ4n) is 1.83. The molecule has 0 saturated heterocycles. The Kier molecular flexibility index (Phi) is 4.79. The summed E-state index contributed by atoms with van der Waals surface area (Å²) in [4.78, 5) is 12.2. The first kappa shape index (κ1) is 14.6. The van der Waals surface area contributed by atoms with E-state index in [9.17, 15) is 4.79 Å². The van der Waals surface area contributed by atoms with Gasteiger partial charge in [0.15, 0.2) is 0 Å². The Hall–Kier alpha value is -1.82. The van der Waals surface area contributed by atoms with Crippen LogP contribution in [0.3, 0.4) is 0 Å². The van der Waals surface area contributed by atoms with E-state index in [1.807, 2.05) is 26.1 Å². The van der Waals surface area contributed by atoms with Crippen molar-refractivity contribution in [3.63, 3.8) is 0 Å². The minimum absolute atomic E-state index is 0.165. The molecule has 0 saturated carbocycles. The van der Waals surface area contributed by atoms with Crippen molar-refractivity contribution in [2.45, 2.75) is 13.5 Å². The molecule has 1 aromatic heterocycles. The third-order valence-electron chi connectivity index (χ3n) is 2.86. The monoisotopic (exact) mass is 337 g/mol. The molecule has 0 radical (unpaired) electrons. The van der Waals surface area contributed by atoms with Gasteiger partial charge in [0.05, 0.1) is 35.1 Å². The first-order chi connectivity index (χ1) is 9.63. The second-order valence-electron chi connectivity index (χ2n) is 4.17. The lowest BCUT2D eigenvalue weighted by molar-refractivity contribution is 0.0946. The minimum Gasteiger partial charge on any atom is -0.493 e. The predicted octanol–water partition coefficient (Wildman–Crippen LogP) is 2.51. The van der Waals surface area contributed by atoms with E-state index in [2.05, 4.69) is 26.3 Å². The lowest BCUT2D eigenvalue weighted by Crippen LogP contribution is -2.24. The van der Waals surface area contributed by atoms with Gasteiger partial charge in [-0.05, 0) is 35.0 Å². The predicted molar refractivity (Wildman–Crippen MR) is 79.7 cm³/mol. The molecule has 2 aromatic rings. The Morgan fingerprint density at radius 3 is 2.85 bits per heavy atom. The molecule has 1 heterocycles. The van der Waals surface area contributed by atoms with Gasteiger partial charge in [-0.1, -0.05) is 12.1 Å². The number of aryl methyl sites for hydroxylation is 1. The molecule has 0 unspecified atom stereocenters. The van der Waals surface area contributed by atoms with Crippen LogP contribution in [0.5, 0.6) is 5.75 Å². The Labute approximate surface area is 126 Å². The molecule has 6 heteroatoms. The quantitative estimate of drug-likeness (QED) is 0.911. The van der Waals surface area contributed by atoms with Gasteiger partial charge in [-0.2, -0.15) is 5.10 Å². The summed E-state index contributed by atoms with van der Waals surface area (Å²) in [6.45, 7) is 2.81. The molecule has 1 aromatic carbocycles. The van der Waals surface area contributed by atoms with Crippen LogP contribution < -0.4 is 10.1 Å². The first-order valence-electron chi connectivity index (χ1n) is 6.30. The maximum Gasteiger partial charge on any atom is 0.255 e. The molecule has 0 bridgehead atoms. The smallest absolute Gasteiger partial charge is 0.255 e. The summed E-state index contributed by atoms with van der Waals surface area (Å²) >= 11 is 3.40. The fraction of sp³-hybridized carbons (Fsp3) is 0.286. The Morgan fingerprint density at radius 2 is 2.20 bits per heavy atom. The highest BCUT2D eigenvalue weighted by molar-refractivity contribution is 9.10. The molecule has 2 rings (SSSR count). The second-order valence-corrected chi connectivity index (χ2v) is 5.03. The zero-order valence-corrected chi connectivity index (χ0v) is 13.0. The van der Waals surface area contributed by atoms with Gasteiger partial charge in [0.1, 0.15) is 5.75 Å². The number of carbonyl (C=O) groups excluding carboxylic acids is 1. The second kappa shape index (κ2) is 6.56. The van der Waals surface area contributed by atoms with E-state index in [-0.39, 0.29) is 5.91 Å². The molecule has 0 spiro atoms. The summed E-state index contributed by atoms with van der Waals surface area (Å²) < 4.78 is 8.05. The van der Waals surface area contributed by atoms with Crippen molar-refractivity contribution in [2.75, 3.05) is 6.61 Å². The number of hydrogen-bond acceptors (Lipinski definition) is 3. The van der Waals surface area contributed by atoms with Crippen LogP contribution in [0, 0.1) is 0 Å². The zero-order chi connectivity index (χ0) is 14.5. The highest BCUT2D eigenvalue weighted by Crippen LogP contribution is 2.19. The molecule has 1 N–H and O–H groups in total. The Balaban J connectivity index is 2.09. The molecule has 0 aliphatic heterocycles. The minimum atomic E-state index is -0.165. The van der Waals surface area contributed by atoms with Crippen molar-refractivity contribution in [3.8, 4) is 5.75 Å². The van der Waals surface area contributed by atoms with Crippen molar-refractivity contribution in [1.29, 1.82) is 0 Å². The van der Waals surface area contributed by atoms with Gasteiger partial charge in [-0.3, -0.25) is 9.48 Å². The van der Waals surface area contributed by atoms with Gasteiger partial charge in [-0.25, -0.2) is 0 Å². The van der Waals surface area contributed by atoms with Gasteiger partial charge < -0.3 is 10.1 Å². The van der Waals surface area contributed by atoms with Gasteiger partial charge in [0.2, 0.25) is 0 Å². The molecule has 20 heavy (non-hydrogen) atoms. The molecular weight excluding hydrogens is 322 g/mol. The molecule has 5 nitrogen and oxygen atoms in total. The number of halogens is 1. The number of benzene rings is 1. The number of hydrogen-bond donors (Lipinski definition) is 1. The van der Waals surface area contributed by atoms with E-state index in [1.165, 1.54) is 0 Å². The maximum atomic E-state index is 12.2. The number of nitrogens with one attached hydrogen (secondary N) is 1. The maximum absolute atomic E-state index is 12.2. The topological polar surface area (TPSA) is 56.1 Å². The molecule has 0 aliphatic rings. The van der Waals surface area contributed by atoms with Crippen LogP contribution in [-0.4, -0.2) is 22.3 Å². The summed E-state index contributed by atoms with van der Waals surface area (Å²) in [5.74, 6) is 0.429. The van der Waals surface area contributed by atoms with E-state index < -0.39 is 0 Å². The van der Waals surface area contributed by atoms with Crippen LogP contribution in [0.25, 0.3) is 0 Å². The van der Waals surface area contributed by atoms with Crippen molar-refractivity contribution in [2.24, 2.45) is 7.05 Å². The normalized spacial score (nSPS) is 10.3. The lowest BCUT2D eigenvalue weighted by atomic mass is 10.2. The van der Waals surface area contributed by atoms with Crippen molar-refractivity contribution < 1.29 is 9.53 Å². The highest BCUT2D eigenvalue weighted by atomic mass is 79.9. The van der Waals surface area contributed by atoms with Crippen LogP contribution in [0.15, 0.2) is 34.9 Å². The molecule has 0 fully saturated rings. The van der Waals surface area contributed by atoms with Crippen molar-refractivity contribution in [1.82, 2.24) is 15.1 Å². The Bertz CT molecular complexity index is 591. The summed E-state index contributed by atoms with van der Waals surface area (Å²) in [6, 6.07) is 7.20. The molecule has 0 atom stereocenters. The number of rotatable bonds is 5. The SMILES string of the molecule is CCOc1ccccc1C(=O)NCc1c(Br)cnn1C. The third kappa shape index (κ3) is 3.19. The fourth-order valence-corrected chi connectivity index (χ4v) is 2.32. The third-order valence-corrected chi connectivity index (χ3v) is 3.52. The molecule has 106 valence electrons. The standard InChI is InChI=1S/C14H16BrN3O2/c1-3-20-13-7-5-4-6-10(13)14(19)16-9-12-11(15)8-17-18(12)2/h4-8H,3,9H2,1-2H3,(H,16,19). The van der Waals surface area contributed by atoms with Gasteiger partial charge in [0.25, 0.3) is 5.91 Å². The number of para-hydroxylation sites is 1. The van der Waals surface area contributed by atoms with Crippen LogP contribution in [-0.2, 0) is 13.6 Å². The summed E-state index contributed by atoms with van der Waals surface area (Å²) in [5, 5.41) is 6.98. The van der Waals surface area contributed by atoms with Crippen molar-refractivity contribution >= 4 is 21.8 Å². The average molecular weight is 338 g/mol. The number of nitrogens with zero attached hydrogens (tertiary/aromatic N) is 2. The average Bonchev–Trinajstić information content (AvgIpc) is 2.76.